The van der Waals surface area contributed by atoms with Crippen LogP contribution < -0.4 is 10.6 Å². The summed E-state index contributed by atoms with van der Waals surface area (Å²) in [6.45, 7) is 3.78. The van der Waals surface area contributed by atoms with Crippen LogP contribution in [-0.4, -0.2) is 24.0 Å². The topological polar surface area (TPSA) is 54.0 Å². The van der Waals surface area contributed by atoms with Crippen LogP contribution in [0.4, 0.5) is 5.13 Å². The highest BCUT2D eigenvalue weighted by atomic mass is 35.5. The van der Waals surface area contributed by atoms with Crippen molar-refractivity contribution in [1.82, 2.24) is 10.3 Å². The lowest BCUT2D eigenvalue weighted by Crippen LogP contribution is -2.24. The third-order valence-electron chi connectivity index (χ3n) is 3.16. The fourth-order valence-corrected chi connectivity index (χ4v) is 3.72. The van der Waals surface area contributed by atoms with Crippen LogP contribution in [-0.2, 0) is 4.79 Å². The molecule has 108 valence electrons. The lowest BCUT2D eigenvalue weighted by Gasteiger charge is -2.06. The average Bonchev–Trinajstić information content (AvgIpc) is 3.07. The van der Waals surface area contributed by atoms with Crippen LogP contribution in [0.5, 0.6) is 0 Å². The summed E-state index contributed by atoms with van der Waals surface area (Å²) >= 11 is 3.20. The predicted molar refractivity (Wildman–Crippen MR) is 87.0 cm³/mol. The van der Waals surface area contributed by atoms with Gasteiger partial charge >= 0.3 is 0 Å². The predicted octanol–water partition coefficient (Wildman–Crippen LogP) is 3.15. The molecule has 20 heavy (non-hydrogen) atoms. The molecule has 4 nitrogen and oxygen atoms in total. The number of anilines is 1. The van der Waals surface area contributed by atoms with Gasteiger partial charge in [-0.3, -0.25) is 4.79 Å². The molecule has 1 aliphatic heterocycles. The van der Waals surface area contributed by atoms with E-state index in [4.69, 9.17) is 0 Å². The summed E-state index contributed by atoms with van der Waals surface area (Å²) in [4.78, 5) is 18.9. The Hall–Kier alpha value is -0.950. The molecule has 0 aromatic carbocycles. The maximum absolute atomic E-state index is 12.0. The number of nitrogens with one attached hydrogen (secondary N) is 2. The van der Waals surface area contributed by atoms with Crippen molar-refractivity contribution in [2.75, 3.05) is 18.4 Å². The van der Waals surface area contributed by atoms with Crippen molar-refractivity contribution in [2.45, 2.75) is 13.3 Å². The van der Waals surface area contributed by atoms with Gasteiger partial charge in [-0.25, -0.2) is 4.98 Å². The summed E-state index contributed by atoms with van der Waals surface area (Å²) < 4.78 is 0. The highest BCUT2D eigenvalue weighted by Gasteiger charge is 2.23. The van der Waals surface area contributed by atoms with Crippen molar-refractivity contribution in [3.63, 3.8) is 0 Å². The van der Waals surface area contributed by atoms with Crippen molar-refractivity contribution in [3.05, 3.63) is 22.4 Å². The van der Waals surface area contributed by atoms with E-state index in [1.807, 2.05) is 5.38 Å². The number of rotatable bonds is 3. The fraction of sp³-hybridized carbons (Fsp3) is 0.385. The maximum Gasteiger partial charge on any atom is 0.230 e. The molecule has 1 amide bonds. The molecule has 0 spiro atoms. The molecular formula is C13H16ClN3OS2. The molecule has 2 aromatic rings. The molecule has 1 unspecified atom stereocenters. The Labute approximate surface area is 132 Å². The molecule has 1 aliphatic rings. The summed E-state index contributed by atoms with van der Waals surface area (Å²) in [5.41, 5.74) is 0.947. The van der Waals surface area contributed by atoms with E-state index in [-0.39, 0.29) is 24.2 Å². The number of carbonyl (C=O) groups excluding carboxylic acids is 1. The minimum atomic E-state index is 0. The number of thiophene rings is 1. The van der Waals surface area contributed by atoms with Gasteiger partial charge in [0.2, 0.25) is 5.91 Å². The number of aromatic nitrogens is 1. The van der Waals surface area contributed by atoms with E-state index in [2.05, 4.69) is 34.7 Å². The number of carbonyl (C=O) groups is 1. The third-order valence-corrected chi connectivity index (χ3v) is 4.94. The van der Waals surface area contributed by atoms with Crippen LogP contribution in [0.2, 0.25) is 0 Å². The molecule has 0 aliphatic carbocycles. The Bertz CT molecular complexity index is 590. The van der Waals surface area contributed by atoms with E-state index in [0.29, 0.717) is 5.13 Å². The quantitative estimate of drug-likeness (QED) is 0.909. The summed E-state index contributed by atoms with van der Waals surface area (Å²) in [5, 5.41) is 8.80. The van der Waals surface area contributed by atoms with Crippen molar-refractivity contribution in [1.29, 1.82) is 0 Å². The third kappa shape index (κ3) is 3.38. The smallest absolute Gasteiger partial charge is 0.230 e. The molecule has 1 atom stereocenters. The number of halogens is 1. The Kier molecular flexibility index (Phi) is 5.15. The standard InChI is InChI=1S/C13H15N3OS2.ClH/c1-8-2-3-11(19-8)10-7-18-13(15-10)16-12(17)9-4-5-14-6-9;/h2-3,7,9,14H,4-6H2,1H3,(H,15,16,17);1H. The Morgan fingerprint density at radius 2 is 2.35 bits per heavy atom. The molecule has 7 heteroatoms. The monoisotopic (exact) mass is 329 g/mol. The van der Waals surface area contributed by atoms with Crippen molar-refractivity contribution in [3.8, 4) is 10.6 Å². The van der Waals surface area contributed by atoms with Crippen LogP contribution in [0.3, 0.4) is 0 Å². The second kappa shape index (κ2) is 6.67. The molecule has 3 rings (SSSR count). The van der Waals surface area contributed by atoms with Gasteiger partial charge in [0.15, 0.2) is 5.13 Å². The first-order valence-electron chi connectivity index (χ1n) is 6.26. The summed E-state index contributed by atoms with van der Waals surface area (Å²) in [6.07, 6.45) is 0.911. The van der Waals surface area contributed by atoms with Crippen LogP contribution >= 0.6 is 35.1 Å². The first kappa shape index (κ1) is 15.4. The molecule has 0 bridgehead atoms. The number of hydrogen-bond acceptors (Lipinski definition) is 5. The fourth-order valence-electron chi connectivity index (χ4n) is 2.10. The van der Waals surface area contributed by atoms with Crippen molar-refractivity contribution in [2.24, 2.45) is 5.92 Å². The maximum atomic E-state index is 12.0. The normalized spacial score (nSPS) is 17.8. The molecule has 1 saturated heterocycles. The first-order chi connectivity index (χ1) is 9.22. The van der Waals surface area contributed by atoms with Gasteiger partial charge in [-0.15, -0.1) is 35.1 Å². The van der Waals surface area contributed by atoms with Crippen LogP contribution in [0, 0.1) is 12.8 Å². The van der Waals surface area contributed by atoms with E-state index in [9.17, 15) is 4.79 Å². The van der Waals surface area contributed by atoms with E-state index in [1.54, 1.807) is 11.3 Å². The zero-order chi connectivity index (χ0) is 13.2. The summed E-state index contributed by atoms with van der Waals surface area (Å²) in [7, 11) is 0. The van der Waals surface area contributed by atoms with Crippen LogP contribution in [0.25, 0.3) is 10.6 Å². The van der Waals surface area contributed by atoms with Gasteiger partial charge < -0.3 is 10.6 Å². The van der Waals surface area contributed by atoms with Crippen molar-refractivity contribution < 1.29 is 4.79 Å². The van der Waals surface area contributed by atoms with E-state index < -0.39 is 0 Å². The summed E-state index contributed by atoms with van der Waals surface area (Å²) in [5.74, 6) is 0.157. The molecular weight excluding hydrogens is 314 g/mol. The SMILES string of the molecule is Cc1ccc(-c2csc(NC(=O)C3CCNC3)n2)s1.Cl. The van der Waals surface area contributed by atoms with Crippen LogP contribution in [0.15, 0.2) is 17.5 Å². The number of hydrogen-bond donors (Lipinski definition) is 2. The van der Waals surface area contributed by atoms with E-state index >= 15 is 0 Å². The van der Waals surface area contributed by atoms with Gasteiger partial charge in [0.05, 0.1) is 16.5 Å². The second-order valence-electron chi connectivity index (χ2n) is 4.63. The highest BCUT2D eigenvalue weighted by Crippen LogP contribution is 2.30. The van der Waals surface area contributed by atoms with Gasteiger partial charge in [0.1, 0.15) is 0 Å². The molecule has 0 saturated carbocycles. The molecule has 1 fully saturated rings. The number of amides is 1. The minimum Gasteiger partial charge on any atom is -0.316 e. The average molecular weight is 330 g/mol. The van der Waals surface area contributed by atoms with Gasteiger partial charge in [-0.05, 0) is 32.0 Å². The number of aryl methyl sites for hydroxylation is 1. The molecule has 3 heterocycles. The summed E-state index contributed by atoms with van der Waals surface area (Å²) in [6, 6.07) is 4.16. The Balaban J connectivity index is 0.00000147. The van der Waals surface area contributed by atoms with Gasteiger partial charge in [-0.1, -0.05) is 0 Å². The molecule has 2 N–H and O–H groups in total. The molecule has 0 radical (unpaired) electrons. The molecule has 2 aromatic heterocycles. The lowest BCUT2D eigenvalue weighted by atomic mass is 10.1. The second-order valence-corrected chi connectivity index (χ2v) is 6.77. The van der Waals surface area contributed by atoms with Gasteiger partial charge in [0.25, 0.3) is 0 Å². The van der Waals surface area contributed by atoms with Gasteiger partial charge in [-0.2, -0.15) is 0 Å². The van der Waals surface area contributed by atoms with Crippen molar-refractivity contribution >= 4 is 46.1 Å². The zero-order valence-corrected chi connectivity index (χ0v) is 13.5. The highest BCUT2D eigenvalue weighted by molar-refractivity contribution is 7.17. The van der Waals surface area contributed by atoms with Crippen LogP contribution in [0.1, 0.15) is 11.3 Å². The first-order valence-corrected chi connectivity index (χ1v) is 7.96. The van der Waals surface area contributed by atoms with Gasteiger partial charge in [0, 0.05) is 16.8 Å². The number of nitrogens with zero attached hydrogens (tertiary/aromatic N) is 1. The number of thiazole rings is 1. The zero-order valence-electron chi connectivity index (χ0n) is 11.0. The largest absolute Gasteiger partial charge is 0.316 e. The Morgan fingerprint density at radius 1 is 1.50 bits per heavy atom. The lowest BCUT2D eigenvalue weighted by molar-refractivity contribution is -0.119. The minimum absolute atomic E-state index is 0. The Morgan fingerprint density at radius 3 is 3.00 bits per heavy atom. The van der Waals surface area contributed by atoms with E-state index in [0.717, 1.165) is 30.1 Å². The van der Waals surface area contributed by atoms with E-state index in [1.165, 1.54) is 16.2 Å².